The normalized spacial score (nSPS) is 18.8. The van der Waals surface area contributed by atoms with Crippen LogP contribution in [0.5, 0.6) is 5.75 Å². The standard InChI is InChI=1S/C14H22N2O4S/c15-12-3-5-14(6-4-12)20-10-11-21(17,18)16-8-7-13-2-1-9-19-13/h3-6,13,16H,1-2,7-11,15H2. The van der Waals surface area contributed by atoms with Crippen molar-refractivity contribution in [3.63, 3.8) is 0 Å². The van der Waals surface area contributed by atoms with Crippen molar-refractivity contribution >= 4 is 15.7 Å². The molecular formula is C14H22N2O4S. The van der Waals surface area contributed by atoms with E-state index in [9.17, 15) is 8.42 Å². The number of nitrogens with two attached hydrogens (primary N) is 1. The van der Waals surface area contributed by atoms with Gasteiger partial charge in [0, 0.05) is 18.8 Å². The van der Waals surface area contributed by atoms with Crippen LogP contribution in [-0.4, -0.2) is 40.0 Å². The van der Waals surface area contributed by atoms with Gasteiger partial charge in [0.2, 0.25) is 10.0 Å². The topological polar surface area (TPSA) is 90.7 Å². The van der Waals surface area contributed by atoms with Crippen molar-refractivity contribution in [2.24, 2.45) is 0 Å². The predicted octanol–water partition coefficient (Wildman–Crippen LogP) is 1.14. The number of anilines is 1. The first-order valence-corrected chi connectivity index (χ1v) is 8.78. The molecule has 0 saturated carbocycles. The van der Waals surface area contributed by atoms with Crippen molar-refractivity contribution in [2.75, 3.05) is 31.2 Å². The van der Waals surface area contributed by atoms with E-state index in [1.807, 2.05) is 0 Å². The predicted molar refractivity (Wildman–Crippen MR) is 81.7 cm³/mol. The highest BCUT2D eigenvalue weighted by molar-refractivity contribution is 7.89. The summed E-state index contributed by atoms with van der Waals surface area (Å²) in [6, 6.07) is 6.85. The van der Waals surface area contributed by atoms with Gasteiger partial charge in [0.1, 0.15) is 12.4 Å². The van der Waals surface area contributed by atoms with E-state index in [1.165, 1.54) is 0 Å². The number of rotatable bonds is 8. The Labute approximate surface area is 125 Å². The molecule has 1 aliphatic heterocycles. The van der Waals surface area contributed by atoms with Crippen LogP contribution in [0.25, 0.3) is 0 Å². The van der Waals surface area contributed by atoms with Crippen molar-refractivity contribution < 1.29 is 17.9 Å². The monoisotopic (exact) mass is 314 g/mol. The molecule has 1 aromatic carbocycles. The Hall–Kier alpha value is -1.31. The Balaban J connectivity index is 1.64. The quantitative estimate of drug-likeness (QED) is 0.702. The van der Waals surface area contributed by atoms with Crippen LogP contribution in [0.2, 0.25) is 0 Å². The molecule has 118 valence electrons. The van der Waals surface area contributed by atoms with E-state index in [4.69, 9.17) is 15.2 Å². The molecule has 1 fully saturated rings. The summed E-state index contributed by atoms with van der Waals surface area (Å²) in [4.78, 5) is 0. The van der Waals surface area contributed by atoms with E-state index >= 15 is 0 Å². The summed E-state index contributed by atoms with van der Waals surface area (Å²) in [5, 5.41) is 0. The third-order valence-electron chi connectivity index (χ3n) is 3.31. The van der Waals surface area contributed by atoms with Gasteiger partial charge in [-0.1, -0.05) is 0 Å². The smallest absolute Gasteiger partial charge is 0.214 e. The first-order chi connectivity index (χ1) is 10.1. The van der Waals surface area contributed by atoms with Crippen LogP contribution in [0.3, 0.4) is 0 Å². The number of nitrogens with one attached hydrogen (secondary N) is 1. The summed E-state index contributed by atoms with van der Waals surface area (Å²) in [7, 11) is -3.31. The summed E-state index contributed by atoms with van der Waals surface area (Å²) in [5.74, 6) is 0.543. The average Bonchev–Trinajstić information content (AvgIpc) is 2.94. The lowest BCUT2D eigenvalue weighted by molar-refractivity contribution is 0.105. The lowest BCUT2D eigenvalue weighted by atomic mass is 10.2. The van der Waals surface area contributed by atoms with Gasteiger partial charge in [-0.15, -0.1) is 0 Å². The molecule has 0 bridgehead atoms. The maximum atomic E-state index is 11.8. The number of sulfonamides is 1. The van der Waals surface area contributed by atoms with Crippen molar-refractivity contribution in [1.82, 2.24) is 4.72 Å². The van der Waals surface area contributed by atoms with Gasteiger partial charge in [-0.2, -0.15) is 0 Å². The second-order valence-electron chi connectivity index (χ2n) is 5.05. The highest BCUT2D eigenvalue weighted by atomic mass is 32.2. The van der Waals surface area contributed by atoms with Crippen LogP contribution < -0.4 is 15.2 Å². The van der Waals surface area contributed by atoms with Crippen molar-refractivity contribution in [2.45, 2.75) is 25.4 Å². The van der Waals surface area contributed by atoms with Crippen LogP contribution in [0.15, 0.2) is 24.3 Å². The van der Waals surface area contributed by atoms with Crippen LogP contribution in [0, 0.1) is 0 Å². The maximum absolute atomic E-state index is 11.8. The van der Waals surface area contributed by atoms with Crippen molar-refractivity contribution in [3.8, 4) is 5.75 Å². The molecule has 0 aromatic heterocycles. The van der Waals surface area contributed by atoms with E-state index < -0.39 is 10.0 Å². The average molecular weight is 314 g/mol. The first kappa shape index (κ1) is 16.1. The van der Waals surface area contributed by atoms with Gasteiger partial charge < -0.3 is 15.2 Å². The van der Waals surface area contributed by atoms with Gasteiger partial charge in [-0.25, -0.2) is 13.1 Å². The lowest BCUT2D eigenvalue weighted by Crippen LogP contribution is -2.31. The van der Waals surface area contributed by atoms with Crippen LogP contribution in [0.1, 0.15) is 19.3 Å². The van der Waals surface area contributed by atoms with Gasteiger partial charge in [0.25, 0.3) is 0 Å². The zero-order valence-electron chi connectivity index (χ0n) is 12.0. The molecule has 6 nitrogen and oxygen atoms in total. The Morgan fingerprint density at radius 1 is 1.33 bits per heavy atom. The Morgan fingerprint density at radius 3 is 2.76 bits per heavy atom. The van der Waals surface area contributed by atoms with E-state index in [0.717, 1.165) is 25.9 Å². The van der Waals surface area contributed by atoms with E-state index in [1.54, 1.807) is 24.3 Å². The van der Waals surface area contributed by atoms with Crippen LogP contribution in [0.4, 0.5) is 5.69 Å². The van der Waals surface area contributed by atoms with Crippen molar-refractivity contribution in [1.29, 1.82) is 0 Å². The molecule has 0 radical (unpaired) electrons. The Bertz CT molecular complexity index is 524. The molecule has 1 aliphatic rings. The molecule has 0 spiro atoms. The zero-order chi connectivity index (χ0) is 15.1. The second-order valence-corrected chi connectivity index (χ2v) is 6.98. The summed E-state index contributed by atoms with van der Waals surface area (Å²) in [5.41, 5.74) is 6.20. The SMILES string of the molecule is Nc1ccc(OCCS(=O)(=O)NCCC2CCCO2)cc1. The molecule has 21 heavy (non-hydrogen) atoms. The third-order valence-corrected chi connectivity index (χ3v) is 4.66. The fourth-order valence-electron chi connectivity index (χ4n) is 2.15. The van der Waals surface area contributed by atoms with E-state index in [-0.39, 0.29) is 18.5 Å². The largest absolute Gasteiger partial charge is 0.492 e. The highest BCUT2D eigenvalue weighted by Gasteiger charge is 2.16. The first-order valence-electron chi connectivity index (χ1n) is 7.12. The Kier molecular flexibility index (Phi) is 5.84. The summed E-state index contributed by atoms with van der Waals surface area (Å²) in [6.45, 7) is 1.31. The molecule has 2 rings (SSSR count). The van der Waals surface area contributed by atoms with E-state index in [0.29, 0.717) is 18.0 Å². The Morgan fingerprint density at radius 2 is 2.10 bits per heavy atom. The molecule has 7 heteroatoms. The van der Waals surface area contributed by atoms with Gasteiger partial charge in [-0.3, -0.25) is 0 Å². The maximum Gasteiger partial charge on any atom is 0.214 e. The number of hydrogen-bond donors (Lipinski definition) is 2. The van der Waals surface area contributed by atoms with Gasteiger partial charge >= 0.3 is 0 Å². The lowest BCUT2D eigenvalue weighted by Gasteiger charge is -2.11. The molecule has 1 atom stereocenters. The summed E-state index contributed by atoms with van der Waals surface area (Å²) >= 11 is 0. The fourth-order valence-corrected chi connectivity index (χ4v) is 3.03. The molecule has 0 aliphatic carbocycles. The van der Waals surface area contributed by atoms with Gasteiger partial charge in [0.15, 0.2) is 0 Å². The minimum Gasteiger partial charge on any atom is -0.492 e. The van der Waals surface area contributed by atoms with E-state index in [2.05, 4.69) is 4.72 Å². The third kappa shape index (κ3) is 5.91. The summed E-state index contributed by atoms with van der Waals surface area (Å²) < 4.78 is 37.0. The molecule has 3 N–H and O–H groups in total. The van der Waals surface area contributed by atoms with Crippen molar-refractivity contribution in [3.05, 3.63) is 24.3 Å². The molecule has 1 unspecified atom stereocenters. The minimum absolute atomic E-state index is 0.0666. The zero-order valence-corrected chi connectivity index (χ0v) is 12.8. The highest BCUT2D eigenvalue weighted by Crippen LogP contribution is 2.15. The van der Waals surface area contributed by atoms with Crippen LogP contribution >= 0.6 is 0 Å². The molecular weight excluding hydrogens is 292 g/mol. The van der Waals surface area contributed by atoms with Crippen LogP contribution in [-0.2, 0) is 14.8 Å². The number of benzene rings is 1. The molecule has 1 aromatic rings. The molecule has 1 saturated heterocycles. The fraction of sp³-hybridized carbons (Fsp3) is 0.571. The number of ether oxygens (including phenoxy) is 2. The minimum atomic E-state index is -3.31. The van der Waals surface area contributed by atoms with Gasteiger partial charge in [0.05, 0.1) is 11.9 Å². The number of nitrogen functional groups attached to an aromatic ring is 1. The summed E-state index contributed by atoms with van der Waals surface area (Å²) in [6.07, 6.45) is 2.99. The second kappa shape index (κ2) is 7.63. The molecule has 1 heterocycles. The molecule has 0 amide bonds. The van der Waals surface area contributed by atoms with Gasteiger partial charge in [-0.05, 0) is 43.5 Å². The number of hydrogen-bond acceptors (Lipinski definition) is 5.